The van der Waals surface area contributed by atoms with E-state index in [1.165, 1.54) is 18.2 Å². The Morgan fingerprint density at radius 3 is 2.53 bits per heavy atom. The van der Waals surface area contributed by atoms with E-state index in [9.17, 15) is 13.2 Å². The molecule has 0 unspecified atom stereocenters. The van der Waals surface area contributed by atoms with Crippen molar-refractivity contribution in [1.29, 1.82) is 0 Å². The highest BCUT2D eigenvalue weighted by Gasteiger charge is 2.15. The van der Waals surface area contributed by atoms with Gasteiger partial charge in [0.25, 0.3) is 10.0 Å². The summed E-state index contributed by atoms with van der Waals surface area (Å²) in [5.41, 5.74) is 1.70. The molecule has 0 aliphatic carbocycles. The lowest BCUT2D eigenvalue weighted by molar-refractivity contribution is -0.116. The molecule has 1 heterocycles. The van der Waals surface area contributed by atoms with E-state index in [2.05, 4.69) is 20.0 Å². The highest BCUT2D eigenvalue weighted by molar-refractivity contribution is 7.92. The summed E-state index contributed by atoms with van der Waals surface area (Å²) in [7, 11) is -3.78. The molecule has 2 aromatic carbocycles. The molecule has 3 aromatic rings. The zero-order valence-electron chi connectivity index (χ0n) is 16.0. The molecule has 154 valence electrons. The van der Waals surface area contributed by atoms with Gasteiger partial charge in [-0.25, -0.2) is 18.4 Å². The summed E-state index contributed by atoms with van der Waals surface area (Å²) in [5, 5.41) is 3.04. The number of hydrogen-bond acceptors (Lipinski definition) is 5. The van der Waals surface area contributed by atoms with Crippen molar-refractivity contribution in [2.45, 2.75) is 18.4 Å². The first kappa shape index (κ1) is 21.5. The molecule has 9 heteroatoms. The van der Waals surface area contributed by atoms with Crippen molar-refractivity contribution in [3.8, 4) is 0 Å². The van der Waals surface area contributed by atoms with Gasteiger partial charge in [-0.2, -0.15) is 0 Å². The van der Waals surface area contributed by atoms with Gasteiger partial charge in [0.1, 0.15) is 5.82 Å². The van der Waals surface area contributed by atoms with Gasteiger partial charge in [0.15, 0.2) is 0 Å². The highest BCUT2D eigenvalue weighted by Crippen LogP contribution is 2.24. The van der Waals surface area contributed by atoms with E-state index < -0.39 is 10.0 Å². The fourth-order valence-electron chi connectivity index (χ4n) is 2.52. The fourth-order valence-corrected chi connectivity index (χ4v) is 3.84. The second kappa shape index (κ2) is 9.51. The summed E-state index contributed by atoms with van der Waals surface area (Å²) >= 11 is 6.01. The minimum Gasteiger partial charge on any atom is -0.347 e. The van der Waals surface area contributed by atoms with Gasteiger partial charge in [-0.05, 0) is 48.9 Å². The van der Waals surface area contributed by atoms with Crippen LogP contribution in [0.1, 0.15) is 17.1 Å². The van der Waals surface area contributed by atoms with Crippen molar-refractivity contribution < 1.29 is 13.2 Å². The van der Waals surface area contributed by atoms with E-state index in [-0.39, 0.29) is 17.3 Å². The number of hydrogen-bond donors (Lipinski definition) is 2. The van der Waals surface area contributed by atoms with Gasteiger partial charge in [0, 0.05) is 12.3 Å². The number of carbonyl (C=O) groups is 1. The Balaban J connectivity index is 1.60. The molecule has 0 atom stereocenters. The first-order chi connectivity index (χ1) is 14.3. The van der Waals surface area contributed by atoms with Gasteiger partial charge < -0.3 is 5.32 Å². The van der Waals surface area contributed by atoms with Gasteiger partial charge in [0.2, 0.25) is 5.91 Å². The molecule has 0 bridgehead atoms. The smallest absolute Gasteiger partial charge is 0.261 e. The van der Waals surface area contributed by atoms with Crippen molar-refractivity contribution in [3.63, 3.8) is 0 Å². The first-order valence-corrected chi connectivity index (χ1v) is 10.8. The van der Waals surface area contributed by atoms with Gasteiger partial charge in [-0.1, -0.05) is 35.9 Å². The van der Waals surface area contributed by atoms with Gasteiger partial charge >= 0.3 is 0 Å². The number of carbonyl (C=O) groups excluding carboxylic acids is 1. The predicted octanol–water partition coefficient (Wildman–Crippen LogP) is 3.57. The number of amides is 1. The maximum absolute atomic E-state index is 12.5. The molecule has 30 heavy (non-hydrogen) atoms. The Bertz CT molecular complexity index is 1180. The summed E-state index contributed by atoms with van der Waals surface area (Å²) in [5.74, 6) is 0.347. The summed E-state index contributed by atoms with van der Waals surface area (Å²) in [4.78, 5) is 20.3. The minimum absolute atomic E-state index is 0.0863. The number of sulfonamides is 1. The second-order valence-corrected chi connectivity index (χ2v) is 8.39. The van der Waals surface area contributed by atoms with Crippen molar-refractivity contribution in [1.82, 2.24) is 15.3 Å². The first-order valence-electron chi connectivity index (χ1n) is 8.95. The number of nitrogens with zero attached hydrogens (tertiary/aromatic N) is 2. The molecular formula is C21H19ClN4O3S. The molecule has 3 rings (SSSR count). The number of aryl methyl sites for hydroxylation is 1. The molecule has 7 nitrogen and oxygen atoms in total. The standard InChI is InChI=1S/C21H19ClN4O3S/c1-15-23-13-12-17(25-15)14-24-21(27)11-8-16-6-9-18(10-7-16)30(28,29)26-20-5-3-2-4-19(20)22/h2-13,26H,14H2,1H3,(H,24,27)/b11-8+. The number of benzene rings is 2. The van der Waals surface area contributed by atoms with Crippen LogP contribution >= 0.6 is 11.6 Å². The summed E-state index contributed by atoms with van der Waals surface area (Å²) < 4.78 is 27.5. The molecule has 1 aromatic heterocycles. The quantitative estimate of drug-likeness (QED) is 0.545. The fraction of sp³-hybridized carbons (Fsp3) is 0.0952. The Morgan fingerprint density at radius 2 is 1.83 bits per heavy atom. The number of halogens is 1. The van der Waals surface area contributed by atoms with Crippen molar-refractivity contribution in [2.24, 2.45) is 0 Å². The van der Waals surface area contributed by atoms with Gasteiger partial charge in [-0.15, -0.1) is 0 Å². The zero-order chi connectivity index (χ0) is 21.6. The number of para-hydroxylation sites is 1. The van der Waals surface area contributed by atoms with Crippen LogP contribution in [-0.4, -0.2) is 24.3 Å². The van der Waals surface area contributed by atoms with Crippen LogP contribution in [0.2, 0.25) is 5.02 Å². The lowest BCUT2D eigenvalue weighted by Crippen LogP contribution is -2.21. The maximum atomic E-state index is 12.5. The zero-order valence-corrected chi connectivity index (χ0v) is 17.6. The Hall–Kier alpha value is -3.23. The Morgan fingerprint density at radius 1 is 1.10 bits per heavy atom. The van der Waals surface area contributed by atoms with Crippen molar-refractivity contribution in [3.05, 3.63) is 89.0 Å². The van der Waals surface area contributed by atoms with Crippen molar-refractivity contribution in [2.75, 3.05) is 4.72 Å². The Labute approximate surface area is 179 Å². The Kier molecular flexibility index (Phi) is 6.81. The average Bonchev–Trinajstić information content (AvgIpc) is 2.73. The van der Waals surface area contributed by atoms with Crippen molar-refractivity contribution >= 4 is 39.3 Å². The third-order valence-electron chi connectivity index (χ3n) is 4.01. The summed E-state index contributed by atoms with van der Waals surface area (Å²) in [6.07, 6.45) is 4.61. The molecular weight excluding hydrogens is 424 g/mol. The van der Waals surface area contributed by atoms with Crippen LogP contribution in [0.3, 0.4) is 0 Å². The topological polar surface area (TPSA) is 101 Å². The lowest BCUT2D eigenvalue weighted by atomic mass is 10.2. The normalized spacial score (nSPS) is 11.4. The van der Waals surface area contributed by atoms with E-state index in [0.29, 0.717) is 27.8 Å². The number of nitrogens with one attached hydrogen (secondary N) is 2. The molecule has 0 radical (unpaired) electrons. The molecule has 0 fully saturated rings. The summed E-state index contributed by atoms with van der Waals surface area (Å²) in [6.45, 7) is 2.07. The maximum Gasteiger partial charge on any atom is 0.261 e. The number of anilines is 1. The third kappa shape index (κ3) is 5.88. The van der Waals surface area contributed by atoms with Crippen LogP contribution in [0.25, 0.3) is 6.08 Å². The molecule has 2 N–H and O–H groups in total. The minimum atomic E-state index is -3.78. The monoisotopic (exact) mass is 442 g/mol. The third-order valence-corrected chi connectivity index (χ3v) is 5.72. The SMILES string of the molecule is Cc1nccc(CNC(=O)/C=C/c2ccc(S(=O)(=O)Nc3ccccc3Cl)cc2)n1. The largest absolute Gasteiger partial charge is 0.347 e. The van der Waals surface area contributed by atoms with E-state index in [4.69, 9.17) is 11.6 Å². The van der Waals surface area contributed by atoms with Crippen LogP contribution in [-0.2, 0) is 21.4 Å². The molecule has 0 aliphatic rings. The molecule has 1 amide bonds. The van der Waals surface area contributed by atoms with E-state index in [0.717, 1.165) is 0 Å². The molecule has 0 spiro atoms. The predicted molar refractivity (Wildman–Crippen MR) is 116 cm³/mol. The highest BCUT2D eigenvalue weighted by atomic mass is 35.5. The average molecular weight is 443 g/mol. The van der Waals surface area contributed by atoms with Gasteiger partial charge in [0.05, 0.1) is 27.8 Å². The lowest BCUT2D eigenvalue weighted by Gasteiger charge is -2.09. The second-order valence-electron chi connectivity index (χ2n) is 6.30. The van der Waals surface area contributed by atoms with Crippen LogP contribution in [0.15, 0.2) is 71.8 Å². The van der Waals surface area contributed by atoms with E-state index in [1.54, 1.807) is 61.7 Å². The van der Waals surface area contributed by atoms with Crippen LogP contribution in [0.5, 0.6) is 0 Å². The van der Waals surface area contributed by atoms with Crippen LogP contribution in [0.4, 0.5) is 5.69 Å². The number of aromatic nitrogens is 2. The van der Waals surface area contributed by atoms with Gasteiger partial charge in [-0.3, -0.25) is 9.52 Å². The van der Waals surface area contributed by atoms with E-state index >= 15 is 0 Å². The van der Waals surface area contributed by atoms with E-state index in [1.807, 2.05) is 0 Å². The molecule has 0 aliphatic heterocycles. The summed E-state index contributed by atoms with van der Waals surface area (Å²) in [6, 6.07) is 14.5. The molecule has 0 saturated heterocycles. The molecule has 0 saturated carbocycles. The van der Waals surface area contributed by atoms with Crippen LogP contribution in [0, 0.1) is 6.92 Å². The number of rotatable bonds is 7. The van der Waals surface area contributed by atoms with Crippen LogP contribution < -0.4 is 10.0 Å².